The number of nitrogens with two attached hydrogens (primary N) is 1. The molecule has 0 bridgehead atoms. The van der Waals surface area contributed by atoms with E-state index in [0.717, 1.165) is 11.7 Å². The maximum Gasteiger partial charge on any atom is 0.198 e. The van der Waals surface area contributed by atoms with Gasteiger partial charge in [-0.05, 0) is 0 Å². The normalized spacial score (nSPS) is 10.3. The van der Waals surface area contributed by atoms with Crippen LogP contribution in [0.4, 0.5) is 5.82 Å². The fraction of sp³-hybridized carbons (Fsp3) is 0. The van der Waals surface area contributed by atoms with E-state index in [4.69, 9.17) is 5.84 Å². The highest BCUT2D eigenvalue weighted by Gasteiger charge is 2.04. The monoisotopic (exact) mass is 168 g/mol. The molecule has 0 amide bonds. The van der Waals surface area contributed by atoms with Crippen molar-refractivity contribution in [3.63, 3.8) is 0 Å². The average Bonchev–Trinajstić information content (AvgIpc) is 2.50. The number of anilines is 1. The van der Waals surface area contributed by atoms with Gasteiger partial charge in [0.1, 0.15) is 6.33 Å². The maximum absolute atomic E-state index is 5.17. The van der Waals surface area contributed by atoms with Gasteiger partial charge in [-0.25, -0.2) is 15.8 Å². The third kappa shape index (κ3) is 0.900. The van der Waals surface area contributed by atoms with Crippen LogP contribution in [0.15, 0.2) is 6.33 Å². The number of nitrogens with zero attached hydrogens (tertiary/aromatic N) is 4. The van der Waals surface area contributed by atoms with E-state index in [1.165, 1.54) is 6.33 Å². The minimum absolute atomic E-state index is 0.503. The van der Waals surface area contributed by atoms with E-state index in [9.17, 15) is 0 Å². The Kier molecular flexibility index (Phi) is 1.37. The summed E-state index contributed by atoms with van der Waals surface area (Å²) < 4.78 is 7.86. The zero-order chi connectivity index (χ0) is 7.68. The summed E-state index contributed by atoms with van der Waals surface area (Å²) in [6, 6.07) is 0. The van der Waals surface area contributed by atoms with Gasteiger partial charge in [0.05, 0.1) is 11.7 Å². The summed E-state index contributed by atoms with van der Waals surface area (Å²) in [5, 5.41) is 0. The highest BCUT2D eigenvalue weighted by Crippen LogP contribution is 2.14. The first kappa shape index (κ1) is 6.38. The van der Waals surface area contributed by atoms with Crippen molar-refractivity contribution in [2.45, 2.75) is 0 Å². The minimum atomic E-state index is 0.503. The lowest BCUT2D eigenvalue weighted by atomic mass is 10.5. The van der Waals surface area contributed by atoms with E-state index in [1.54, 1.807) is 0 Å². The molecular weight excluding hydrogens is 164 g/mol. The lowest BCUT2D eigenvalue weighted by molar-refractivity contribution is 1.17. The van der Waals surface area contributed by atoms with Crippen LogP contribution in [-0.2, 0) is 0 Å². The molecule has 56 valence electrons. The quantitative estimate of drug-likeness (QED) is 0.451. The lowest BCUT2D eigenvalue weighted by Crippen LogP contribution is -2.09. The number of hydrogen-bond donors (Lipinski definition) is 2. The highest BCUT2D eigenvalue weighted by molar-refractivity contribution is 7.00. The first-order valence-corrected chi connectivity index (χ1v) is 3.54. The average molecular weight is 168 g/mol. The minimum Gasteiger partial charge on any atom is -0.306 e. The number of aromatic nitrogens is 4. The zero-order valence-corrected chi connectivity index (χ0v) is 6.17. The standard InChI is InChI=1S/C4H4N6S/c5-8-3-2-4(7-1-6-3)10-11-9-2/h1H,5H2,(H,6,7,8,10). The van der Waals surface area contributed by atoms with Crippen LogP contribution < -0.4 is 11.3 Å². The Balaban J connectivity index is 2.79. The van der Waals surface area contributed by atoms with Gasteiger partial charge in [0.15, 0.2) is 17.0 Å². The van der Waals surface area contributed by atoms with Crippen molar-refractivity contribution in [3.05, 3.63) is 6.33 Å². The molecular formula is C4H4N6S. The smallest absolute Gasteiger partial charge is 0.198 e. The molecule has 6 nitrogen and oxygen atoms in total. The molecule has 11 heavy (non-hydrogen) atoms. The van der Waals surface area contributed by atoms with E-state index in [0.29, 0.717) is 17.0 Å². The number of rotatable bonds is 1. The Bertz CT molecular complexity index is 369. The van der Waals surface area contributed by atoms with Crippen LogP contribution in [0.3, 0.4) is 0 Å². The molecule has 0 saturated carbocycles. The fourth-order valence-corrected chi connectivity index (χ4v) is 1.23. The molecule has 2 rings (SSSR count). The number of hydrogen-bond acceptors (Lipinski definition) is 7. The van der Waals surface area contributed by atoms with Crippen molar-refractivity contribution in [2.75, 3.05) is 5.43 Å². The summed E-state index contributed by atoms with van der Waals surface area (Å²) in [6.45, 7) is 0. The molecule has 2 aromatic heterocycles. The second kappa shape index (κ2) is 2.36. The van der Waals surface area contributed by atoms with Crippen molar-refractivity contribution >= 4 is 28.7 Å². The summed E-state index contributed by atoms with van der Waals surface area (Å²) in [6.07, 6.45) is 1.39. The molecule has 0 radical (unpaired) electrons. The van der Waals surface area contributed by atoms with Crippen LogP contribution in [0.2, 0.25) is 0 Å². The molecule has 3 N–H and O–H groups in total. The van der Waals surface area contributed by atoms with Crippen molar-refractivity contribution in [1.29, 1.82) is 0 Å². The van der Waals surface area contributed by atoms with E-state index >= 15 is 0 Å². The van der Waals surface area contributed by atoms with Crippen LogP contribution in [0.1, 0.15) is 0 Å². The van der Waals surface area contributed by atoms with E-state index < -0.39 is 0 Å². The number of hydrazine groups is 1. The Morgan fingerprint density at radius 2 is 2.27 bits per heavy atom. The van der Waals surface area contributed by atoms with Crippen LogP contribution in [0.5, 0.6) is 0 Å². The molecule has 0 spiro atoms. The third-order valence-corrected chi connectivity index (χ3v) is 1.72. The highest BCUT2D eigenvalue weighted by atomic mass is 32.1. The van der Waals surface area contributed by atoms with Crippen LogP contribution in [-0.4, -0.2) is 18.7 Å². The molecule has 0 saturated heterocycles. The Morgan fingerprint density at radius 1 is 1.36 bits per heavy atom. The summed E-state index contributed by atoms with van der Waals surface area (Å²) in [5.74, 6) is 5.68. The van der Waals surface area contributed by atoms with Gasteiger partial charge >= 0.3 is 0 Å². The first-order chi connectivity index (χ1) is 5.42. The van der Waals surface area contributed by atoms with Gasteiger partial charge in [-0.15, -0.1) is 0 Å². The Morgan fingerprint density at radius 3 is 3.09 bits per heavy atom. The SMILES string of the molecule is NNc1ncnc2nsnc12. The van der Waals surface area contributed by atoms with Gasteiger partial charge in [0.25, 0.3) is 0 Å². The molecule has 0 aliphatic rings. The molecule has 0 fully saturated rings. The van der Waals surface area contributed by atoms with Crippen LogP contribution >= 0.6 is 11.7 Å². The fourth-order valence-electron chi connectivity index (χ4n) is 0.726. The molecule has 0 aromatic carbocycles. The zero-order valence-electron chi connectivity index (χ0n) is 5.35. The molecule has 0 aliphatic heterocycles. The van der Waals surface area contributed by atoms with E-state index in [2.05, 4.69) is 24.1 Å². The predicted octanol–water partition coefficient (Wildman–Crippen LogP) is -0.233. The molecule has 0 unspecified atom stereocenters. The second-order valence-corrected chi connectivity index (χ2v) is 2.33. The van der Waals surface area contributed by atoms with Crippen LogP contribution in [0.25, 0.3) is 11.2 Å². The summed E-state index contributed by atoms with van der Waals surface area (Å²) in [7, 11) is 0. The van der Waals surface area contributed by atoms with Crippen LogP contribution in [0, 0.1) is 0 Å². The second-order valence-electron chi connectivity index (χ2n) is 1.80. The van der Waals surface area contributed by atoms with Gasteiger partial charge in [0, 0.05) is 0 Å². The van der Waals surface area contributed by atoms with Crippen molar-refractivity contribution in [2.24, 2.45) is 5.84 Å². The largest absolute Gasteiger partial charge is 0.306 e. The van der Waals surface area contributed by atoms with E-state index in [-0.39, 0.29) is 0 Å². The van der Waals surface area contributed by atoms with Gasteiger partial charge in [-0.2, -0.15) is 8.75 Å². The Labute approximate surface area is 65.8 Å². The van der Waals surface area contributed by atoms with E-state index in [1.807, 2.05) is 0 Å². The maximum atomic E-state index is 5.17. The Hall–Kier alpha value is -1.34. The van der Waals surface area contributed by atoms with Gasteiger partial charge < -0.3 is 5.43 Å². The molecule has 2 aromatic rings. The predicted molar refractivity (Wildman–Crippen MR) is 40.8 cm³/mol. The molecule has 2 heterocycles. The van der Waals surface area contributed by atoms with Gasteiger partial charge in [-0.3, -0.25) is 0 Å². The third-order valence-electron chi connectivity index (χ3n) is 1.20. The summed E-state index contributed by atoms with van der Waals surface area (Å²) >= 11 is 1.08. The molecule has 0 aliphatic carbocycles. The summed E-state index contributed by atoms with van der Waals surface area (Å²) in [5.41, 5.74) is 3.59. The van der Waals surface area contributed by atoms with Crippen molar-refractivity contribution < 1.29 is 0 Å². The lowest BCUT2D eigenvalue weighted by Gasteiger charge is -1.94. The number of fused-ring (bicyclic) bond motifs is 1. The number of nitrogen functional groups attached to an aromatic ring is 1. The molecule has 0 atom stereocenters. The van der Waals surface area contributed by atoms with Gasteiger partial charge in [-0.1, -0.05) is 0 Å². The first-order valence-electron chi connectivity index (χ1n) is 2.81. The van der Waals surface area contributed by atoms with Crippen molar-refractivity contribution in [1.82, 2.24) is 18.7 Å². The number of nitrogens with one attached hydrogen (secondary N) is 1. The summed E-state index contributed by atoms with van der Waals surface area (Å²) in [4.78, 5) is 7.73. The van der Waals surface area contributed by atoms with Gasteiger partial charge in [0.2, 0.25) is 0 Å². The topological polar surface area (TPSA) is 89.6 Å². The van der Waals surface area contributed by atoms with Crippen molar-refractivity contribution in [3.8, 4) is 0 Å². The molecule has 7 heteroatoms.